The highest BCUT2D eigenvalue weighted by Gasteiger charge is 2.25. The minimum absolute atomic E-state index is 0.167. The van der Waals surface area contributed by atoms with Crippen LogP contribution in [-0.2, 0) is 9.59 Å². The second-order valence-corrected chi connectivity index (χ2v) is 8.89. The Hall–Kier alpha value is -3.03. The molecule has 174 valence electrons. The number of para-hydroxylation sites is 1. The van der Waals surface area contributed by atoms with E-state index in [-0.39, 0.29) is 5.92 Å². The summed E-state index contributed by atoms with van der Waals surface area (Å²) in [5.41, 5.74) is 4.35. The number of nitrogens with zero attached hydrogens (tertiary/aromatic N) is 1. The number of nitrogens with one attached hydrogen (secondary N) is 3. The van der Waals surface area contributed by atoms with Crippen LogP contribution in [0.1, 0.15) is 32.8 Å². The van der Waals surface area contributed by atoms with E-state index >= 15 is 0 Å². The normalized spacial score (nSPS) is 13.3. The van der Waals surface area contributed by atoms with Crippen LogP contribution in [0.5, 0.6) is 5.75 Å². The van der Waals surface area contributed by atoms with Gasteiger partial charge >= 0.3 is 0 Å². The molecule has 0 aliphatic carbocycles. The summed E-state index contributed by atoms with van der Waals surface area (Å²) in [6.45, 7) is 5.52. The molecule has 1 aromatic heterocycles. The lowest BCUT2D eigenvalue weighted by Gasteiger charge is -2.22. The van der Waals surface area contributed by atoms with E-state index < -0.39 is 24.0 Å². The first-order valence-electron chi connectivity index (χ1n) is 10.6. The number of halogens is 2. The summed E-state index contributed by atoms with van der Waals surface area (Å²) in [7, 11) is 0. The molecule has 0 saturated heterocycles. The van der Waals surface area contributed by atoms with Gasteiger partial charge in [0.05, 0.1) is 11.2 Å². The number of ether oxygens (including phenoxy) is 1. The molecule has 0 aliphatic heterocycles. The first kappa shape index (κ1) is 24.6. The molecule has 7 nitrogen and oxygen atoms in total. The fourth-order valence-electron chi connectivity index (χ4n) is 3.25. The van der Waals surface area contributed by atoms with Crippen LogP contribution in [0.15, 0.2) is 53.8 Å². The maximum absolute atomic E-state index is 12.8. The molecule has 2 aromatic carbocycles. The van der Waals surface area contributed by atoms with Gasteiger partial charge in [0, 0.05) is 27.7 Å². The summed E-state index contributed by atoms with van der Waals surface area (Å²) in [6.07, 6.45) is 2.95. The Bertz CT molecular complexity index is 1160. The molecular formula is C24H26Cl2N4O3. The lowest BCUT2D eigenvalue weighted by atomic mass is 10.0. The van der Waals surface area contributed by atoms with Crippen molar-refractivity contribution in [2.75, 3.05) is 0 Å². The second-order valence-electron chi connectivity index (χ2n) is 8.05. The Labute approximate surface area is 202 Å². The molecule has 3 N–H and O–H groups in total. The van der Waals surface area contributed by atoms with Gasteiger partial charge in [-0.25, -0.2) is 5.43 Å². The lowest BCUT2D eigenvalue weighted by molar-refractivity contribution is -0.132. The van der Waals surface area contributed by atoms with E-state index in [0.29, 0.717) is 22.2 Å². The highest BCUT2D eigenvalue weighted by atomic mass is 35.5. The van der Waals surface area contributed by atoms with Crippen molar-refractivity contribution in [1.82, 2.24) is 15.7 Å². The number of rotatable bonds is 9. The van der Waals surface area contributed by atoms with E-state index in [9.17, 15) is 9.59 Å². The quantitative estimate of drug-likeness (QED) is 0.294. The van der Waals surface area contributed by atoms with Gasteiger partial charge in [-0.3, -0.25) is 9.59 Å². The number of H-pyrrole nitrogens is 1. The summed E-state index contributed by atoms with van der Waals surface area (Å²) < 4.78 is 5.65. The highest BCUT2D eigenvalue weighted by Crippen LogP contribution is 2.28. The van der Waals surface area contributed by atoms with Gasteiger partial charge in [0.15, 0.2) is 6.10 Å². The molecule has 1 heterocycles. The second kappa shape index (κ2) is 11.2. The van der Waals surface area contributed by atoms with Crippen molar-refractivity contribution in [1.29, 1.82) is 0 Å². The van der Waals surface area contributed by atoms with Crippen LogP contribution in [0.4, 0.5) is 0 Å². The van der Waals surface area contributed by atoms with Crippen LogP contribution in [0.25, 0.3) is 10.9 Å². The third-order valence-corrected chi connectivity index (χ3v) is 5.44. The number of aromatic nitrogens is 1. The van der Waals surface area contributed by atoms with Crippen LogP contribution in [0, 0.1) is 5.92 Å². The predicted molar refractivity (Wildman–Crippen MR) is 132 cm³/mol. The van der Waals surface area contributed by atoms with Gasteiger partial charge in [0.25, 0.3) is 11.8 Å². The smallest absolute Gasteiger partial charge is 0.262 e. The molecule has 2 atom stereocenters. The number of aromatic amines is 1. The zero-order chi connectivity index (χ0) is 24.0. The zero-order valence-corrected chi connectivity index (χ0v) is 20.1. The number of hydrogen-bond donors (Lipinski definition) is 3. The van der Waals surface area contributed by atoms with E-state index in [4.69, 9.17) is 27.9 Å². The average molecular weight is 489 g/mol. The summed E-state index contributed by atoms with van der Waals surface area (Å²) in [5.74, 6) is -0.357. The number of benzene rings is 2. The number of hydrazone groups is 1. The third-order valence-electron chi connectivity index (χ3n) is 4.91. The van der Waals surface area contributed by atoms with Crippen molar-refractivity contribution in [3.63, 3.8) is 0 Å². The van der Waals surface area contributed by atoms with Gasteiger partial charge in [-0.15, -0.1) is 0 Å². The minimum Gasteiger partial charge on any atom is -0.479 e. The molecule has 33 heavy (non-hydrogen) atoms. The van der Waals surface area contributed by atoms with Gasteiger partial charge < -0.3 is 15.0 Å². The zero-order valence-electron chi connectivity index (χ0n) is 18.6. The van der Waals surface area contributed by atoms with Crippen molar-refractivity contribution < 1.29 is 14.3 Å². The van der Waals surface area contributed by atoms with Crippen molar-refractivity contribution in [3.05, 3.63) is 64.3 Å². The molecule has 2 amide bonds. The molecule has 9 heteroatoms. The Balaban J connectivity index is 1.62. The molecule has 0 bridgehead atoms. The third kappa shape index (κ3) is 6.73. The maximum atomic E-state index is 12.8. The van der Waals surface area contributed by atoms with E-state index in [1.807, 2.05) is 44.3 Å². The van der Waals surface area contributed by atoms with E-state index in [2.05, 4.69) is 20.8 Å². The van der Waals surface area contributed by atoms with Gasteiger partial charge in [0.2, 0.25) is 0 Å². The number of carbonyl (C=O) groups excluding carboxylic acids is 2. The van der Waals surface area contributed by atoms with Crippen molar-refractivity contribution >= 4 is 52.1 Å². The fraction of sp³-hybridized carbons (Fsp3) is 0.292. The van der Waals surface area contributed by atoms with Gasteiger partial charge in [-0.1, -0.05) is 55.2 Å². The number of hydrogen-bond acceptors (Lipinski definition) is 4. The Kier molecular flexibility index (Phi) is 8.36. The van der Waals surface area contributed by atoms with Gasteiger partial charge in [-0.05, 0) is 43.5 Å². The van der Waals surface area contributed by atoms with Crippen molar-refractivity contribution in [2.24, 2.45) is 11.0 Å². The Morgan fingerprint density at radius 3 is 2.61 bits per heavy atom. The number of fused-ring (bicyclic) bond motifs is 1. The lowest BCUT2D eigenvalue weighted by Crippen LogP contribution is -2.49. The standard InChI is InChI=1S/C24H26Cl2N4O3/c1-14(2)10-21(29-23(31)15(3)33-22-9-8-17(25)11-19(22)26)24(32)30-28-13-16-12-27-20-7-5-4-6-18(16)20/h4-9,11-15,21,27H,10H2,1-3H3,(H,29,31)(H,30,32)/b28-13-/t15-,21+/m1/s1. The molecule has 0 spiro atoms. The highest BCUT2D eigenvalue weighted by molar-refractivity contribution is 6.35. The Morgan fingerprint density at radius 2 is 1.88 bits per heavy atom. The summed E-state index contributed by atoms with van der Waals surface area (Å²) in [4.78, 5) is 28.6. The number of carbonyl (C=O) groups is 2. The summed E-state index contributed by atoms with van der Waals surface area (Å²) in [5, 5.41) is 8.58. The summed E-state index contributed by atoms with van der Waals surface area (Å²) in [6, 6.07) is 11.8. The topological polar surface area (TPSA) is 95.6 Å². The van der Waals surface area contributed by atoms with Crippen LogP contribution < -0.4 is 15.5 Å². The van der Waals surface area contributed by atoms with E-state index in [1.54, 1.807) is 25.3 Å². The summed E-state index contributed by atoms with van der Waals surface area (Å²) >= 11 is 12.0. The molecule has 0 aliphatic rings. The molecule has 3 rings (SSSR count). The van der Waals surface area contributed by atoms with Crippen LogP contribution in [0.2, 0.25) is 10.0 Å². The maximum Gasteiger partial charge on any atom is 0.262 e. The largest absolute Gasteiger partial charge is 0.479 e. The van der Waals surface area contributed by atoms with Crippen LogP contribution in [-0.4, -0.2) is 35.2 Å². The van der Waals surface area contributed by atoms with Crippen molar-refractivity contribution in [2.45, 2.75) is 39.3 Å². The Morgan fingerprint density at radius 1 is 1.12 bits per heavy atom. The average Bonchev–Trinajstić information content (AvgIpc) is 3.18. The van der Waals surface area contributed by atoms with E-state index in [0.717, 1.165) is 16.5 Å². The molecule has 0 fully saturated rings. The van der Waals surface area contributed by atoms with Crippen LogP contribution in [0.3, 0.4) is 0 Å². The van der Waals surface area contributed by atoms with Gasteiger partial charge in [0.1, 0.15) is 11.8 Å². The molecule has 0 saturated carbocycles. The van der Waals surface area contributed by atoms with Crippen molar-refractivity contribution in [3.8, 4) is 5.75 Å². The van der Waals surface area contributed by atoms with Gasteiger partial charge in [-0.2, -0.15) is 5.10 Å². The van der Waals surface area contributed by atoms with Crippen LogP contribution >= 0.6 is 23.2 Å². The molecular weight excluding hydrogens is 463 g/mol. The SMILES string of the molecule is CC(C)C[C@H](NC(=O)[C@@H](C)Oc1ccc(Cl)cc1Cl)C(=O)N/N=C\c1c[nH]c2ccccc12. The monoisotopic (exact) mass is 488 g/mol. The molecule has 0 radical (unpaired) electrons. The first-order valence-corrected chi connectivity index (χ1v) is 11.3. The minimum atomic E-state index is -0.874. The molecule has 3 aromatic rings. The molecule has 0 unspecified atom stereocenters. The first-order chi connectivity index (χ1) is 15.7. The number of amides is 2. The van der Waals surface area contributed by atoms with E-state index in [1.165, 1.54) is 6.07 Å². The fourth-order valence-corrected chi connectivity index (χ4v) is 3.70. The predicted octanol–water partition coefficient (Wildman–Crippen LogP) is 4.92.